The molecular weight excluding hydrogens is 259 g/mol. The van der Waals surface area contributed by atoms with Crippen LogP contribution in [-0.4, -0.2) is 9.78 Å². The topological polar surface area (TPSA) is 67.6 Å². The van der Waals surface area contributed by atoms with Crippen molar-refractivity contribution in [1.82, 2.24) is 9.78 Å². The van der Waals surface area contributed by atoms with E-state index in [-0.39, 0.29) is 0 Å². The summed E-state index contributed by atoms with van der Waals surface area (Å²) in [7, 11) is 0. The molecule has 0 spiro atoms. The number of nitrogens with zero attached hydrogens (tertiary/aromatic N) is 3. The van der Waals surface area contributed by atoms with E-state index in [0.29, 0.717) is 32.8 Å². The summed E-state index contributed by atoms with van der Waals surface area (Å²) in [6.07, 6.45) is 0. The Hall–Kier alpha value is -1.70. The van der Waals surface area contributed by atoms with Crippen molar-refractivity contribution in [3.63, 3.8) is 0 Å². The first-order valence-corrected chi connectivity index (χ1v) is 5.51. The number of benzene rings is 1. The molecular formula is C11H8Cl2N4. The SMILES string of the molecule is Cc1nn(-c2ccc(Cl)c(Cl)c2)c(N)c1C#N. The second-order valence-corrected chi connectivity index (χ2v) is 4.28. The fourth-order valence-electron chi connectivity index (χ4n) is 1.50. The maximum atomic E-state index is 8.93. The number of aryl methyl sites for hydroxylation is 1. The quantitative estimate of drug-likeness (QED) is 0.863. The molecule has 17 heavy (non-hydrogen) atoms. The summed E-state index contributed by atoms with van der Waals surface area (Å²) >= 11 is 11.7. The third kappa shape index (κ3) is 1.95. The number of aromatic nitrogens is 2. The summed E-state index contributed by atoms with van der Waals surface area (Å²) in [6.45, 7) is 1.73. The van der Waals surface area contributed by atoms with Gasteiger partial charge in [-0.3, -0.25) is 0 Å². The molecule has 2 N–H and O–H groups in total. The lowest BCUT2D eigenvalue weighted by Crippen LogP contribution is -2.02. The zero-order valence-corrected chi connectivity index (χ0v) is 10.4. The van der Waals surface area contributed by atoms with Gasteiger partial charge in [0.1, 0.15) is 17.5 Å². The van der Waals surface area contributed by atoms with Crippen LogP contribution in [0.2, 0.25) is 10.0 Å². The zero-order valence-electron chi connectivity index (χ0n) is 8.91. The van der Waals surface area contributed by atoms with Crippen molar-refractivity contribution >= 4 is 29.0 Å². The zero-order chi connectivity index (χ0) is 12.6. The molecule has 0 aliphatic heterocycles. The maximum Gasteiger partial charge on any atom is 0.145 e. The molecule has 0 atom stereocenters. The van der Waals surface area contributed by atoms with E-state index in [4.69, 9.17) is 34.2 Å². The van der Waals surface area contributed by atoms with Crippen LogP contribution in [-0.2, 0) is 0 Å². The van der Waals surface area contributed by atoms with Crippen LogP contribution >= 0.6 is 23.2 Å². The van der Waals surface area contributed by atoms with E-state index in [1.165, 1.54) is 4.68 Å². The predicted octanol–water partition coefficient (Wildman–Crippen LogP) is 2.94. The van der Waals surface area contributed by atoms with Crippen molar-refractivity contribution in [2.24, 2.45) is 0 Å². The van der Waals surface area contributed by atoms with Crippen LogP contribution in [0.4, 0.5) is 5.82 Å². The number of nitriles is 1. The number of hydrogen-bond acceptors (Lipinski definition) is 3. The Morgan fingerprint density at radius 2 is 2.06 bits per heavy atom. The number of rotatable bonds is 1. The monoisotopic (exact) mass is 266 g/mol. The Balaban J connectivity index is 2.62. The van der Waals surface area contributed by atoms with Gasteiger partial charge >= 0.3 is 0 Å². The summed E-state index contributed by atoms with van der Waals surface area (Å²) in [5, 5.41) is 14.0. The van der Waals surface area contributed by atoms with Crippen LogP contribution in [0.1, 0.15) is 11.3 Å². The average Bonchev–Trinajstić information content (AvgIpc) is 2.58. The van der Waals surface area contributed by atoms with Crippen molar-refractivity contribution in [2.45, 2.75) is 6.92 Å². The fraction of sp³-hybridized carbons (Fsp3) is 0.0909. The van der Waals surface area contributed by atoms with Gasteiger partial charge in [-0.25, -0.2) is 4.68 Å². The summed E-state index contributed by atoms with van der Waals surface area (Å²) in [4.78, 5) is 0. The van der Waals surface area contributed by atoms with Crippen LogP contribution in [0.25, 0.3) is 5.69 Å². The fourth-order valence-corrected chi connectivity index (χ4v) is 1.79. The van der Waals surface area contributed by atoms with Crippen molar-refractivity contribution < 1.29 is 0 Å². The molecule has 0 fully saturated rings. The first-order chi connectivity index (χ1) is 8.04. The largest absolute Gasteiger partial charge is 0.382 e. The smallest absolute Gasteiger partial charge is 0.145 e. The summed E-state index contributed by atoms with van der Waals surface area (Å²) in [6, 6.07) is 7.05. The summed E-state index contributed by atoms with van der Waals surface area (Å²) in [5.74, 6) is 0.295. The minimum Gasteiger partial charge on any atom is -0.382 e. The molecule has 1 aromatic carbocycles. The molecule has 0 aliphatic rings. The number of nitrogens with two attached hydrogens (primary N) is 1. The van der Waals surface area contributed by atoms with Crippen molar-refractivity contribution in [2.75, 3.05) is 5.73 Å². The van der Waals surface area contributed by atoms with E-state index in [0.717, 1.165) is 0 Å². The minimum absolute atomic E-state index is 0.295. The molecule has 86 valence electrons. The van der Waals surface area contributed by atoms with Gasteiger partial charge in [0.2, 0.25) is 0 Å². The Kier molecular flexibility index (Phi) is 2.97. The van der Waals surface area contributed by atoms with E-state index in [1.54, 1.807) is 25.1 Å². The second-order valence-electron chi connectivity index (χ2n) is 3.47. The molecule has 0 saturated heterocycles. The lowest BCUT2D eigenvalue weighted by atomic mass is 10.2. The van der Waals surface area contributed by atoms with E-state index in [2.05, 4.69) is 5.10 Å². The summed E-state index contributed by atoms with van der Waals surface area (Å²) < 4.78 is 1.47. The highest BCUT2D eigenvalue weighted by atomic mass is 35.5. The van der Waals surface area contributed by atoms with Gasteiger partial charge in [0.05, 0.1) is 21.4 Å². The van der Waals surface area contributed by atoms with Gasteiger partial charge in [0, 0.05) is 0 Å². The van der Waals surface area contributed by atoms with Gasteiger partial charge in [-0.2, -0.15) is 10.4 Å². The van der Waals surface area contributed by atoms with E-state index >= 15 is 0 Å². The highest BCUT2D eigenvalue weighted by Crippen LogP contribution is 2.26. The Morgan fingerprint density at radius 1 is 1.35 bits per heavy atom. The van der Waals surface area contributed by atoms with Crippen LogP contribution in [0.5, 0.6) is 0 Å². The third-order valence-corrected chi connectivity index (χ3v) is 3.09. The minimum atomic E-state index is 0.295. The average molecular weight is 267 g/mol. The predicted molar refractivity (Wildman–Crippen MR) is 67.4 cm³/mol. The number of halogens is 2. The first kappa shape index (κ1) is 11.8. The molecule has 2 rings (SSSR count). The number of anilines is 1. The van der Waals surface area contributed by atoms with Crippen LogP contribution < -0.4 is 5.73 Å². The molecule has 0 bridgehead atoms. The molecule has 0 aliphatic carbocycles. The van der Waals surface area contributed by atoms with Crippen molar-refractivity contribution in [3.8, 4) is 11.8 Å². The van der Waals surface area contributed by atoms with Crippen molar-refractivity contribution in [1.29, 1.82) is 5.26 Å². The van der Waals surface area contributed by atoms with Gasteiger partial charge in [-0.15, -0.1) is 0 Å². The number of nitrogen functional groups attached to an aromatic ring is 1. The van der Waals surface area contributed by atoms with Crippen LogP contribution in [0.3, 0.4) is 0 Å². The third-order valence-electron chi connectivity index (χ3n) is 2.36. The molecule has 6 heteroatoms. The van der Waals surface area contributed by atoms with Gasteiger partial charge in [0.15, 0.2) is 0 Å². The molecule has 0 unspecified atom stereocenters. The van der Waals surface area contributed by atoms with Crippen molar-refractivity contribution in [3.05, 3.63) is 39.5 Å². The molecule has 0 amide bonds. The number of hydrogen-bond donors (Lipinski definition) is 1. The Bertz CT molecular complexity index is 625. The van der Waals surface area contributed by atoms with Gasteiger partial charge in [0.25, 0.3) is 0 Å². The summed E-state index contributed by atoms with van der Waals surface area (Å²) in [5.41, 5.74) is 7.46. The highest BCUT2D eigenvalue weighted by Gasteiger charge is 2.13. The molecule has 2 aromatic rings. The molecule has 1 heterocycles. The molecule has 4 nitrogen and oxygen atoms in total. The molecule has 0 saturated carbocycles. The maximum absolute atomic E-state index is 8.93. The van der Waals surface area contributed by atoms with Gasteiger partial charge in [-0.1, -0.05) is 23.2 Å². The van der Waals surface area contributed by atoms with Gasteiger partial charge < -0.3 is 5.73 Å². The first-order valence-electron chi connectivity index (χ1n) is 4.75. The van der Waals surface area contributed by atoms with E-state index in [9.17, 15) is 0 Å². The van der Waals surface area contributed by atoms with E-state index < -0.39 is 0 Å². The normalized spacial score (nSPS) is 10.2. The molecule has 1 aromatic heterocycles. The Morgan fingerprint density at radius 3 is 2.59 bits per heavy atom. The van der Waals surface area contributed by atoms with Crippen LogP contribution in [0.15, 0.2) is 18.2 Å². The molecule has 0 radical (unpaired) electrons. The lowest BCUT2D eigenvalue weighted by molar-refractivity contribution is 0.872. The Labute approximate surface area is 108 Å². The lowest BCUT2D eigenvalue weighted by Gasteiger charge is -2.05. The second kappa shape index (κ2) is 4.28. The van der Waals surface area contributed by atoms with E-state index in [1.807, 2.05) is 6.07 Å². The standard InChI is InChI=1S/C11H8Cl2N4/c1-6-8(5-14)11(15)17(16-6)7-2-3-9(12)10(13)4-7/h2-4H,15H2,1H3. The van der Waals surface area contributed by atoms with Crippen LogP contribution in [0, 0.1) is 18.3 Å². The van der Waals surface area contributed by atoms with Gasteiger partial charge in [-0.05, 0) is 25.1 Å². The highest BCUT2D eigenvalue weighted by molar-refractivity contribution is 6.42.